The minimum Gasteiger partial charge on any atom is -0.277 e. The average molecular weight is 582 g/mol. The molecular weight excluding hydrogens is 555 g/mol. The van der Waals surface area contributed by atoms with E-state index in [1.54, 1.807) is 0 Å². The summed E-state index contributed by atoms with van der Waals surface area (Å²) in [6, 6.07) is 45.3. The van der Waals surface area contributed by atoms with E-state index < -0.39 is 0 Å². The third-order valence-electron chi connectivity index (χ3n) is 8.93. The van der Waals surface area contributed by atoms with E-state index in [1.165, 1.54) is 47.3 Å². The zero-order chi connectivity index (χ0) is 29.4. The summed E-state index contributed by atoms with van der Waals surface area (Å²) in [5.41, 5.74) is 8.65. The number of hydrogen-bond donors (Lipinski definition) is 0. The Bertz CT molecular complexity index is 2570. The monoisotopic (exact) mass is 581 g/mol. The van der Waals surface area contributed by atoms with Gasteiger partial charge in [-0.25, -0.2) is 9.97 Å². The van der Waals surface area contributed by atoms with Gasteiger partial charge in [0.1, 0.15) is 0 Å². The molecule has 6 aromatic carbocycles. The number of aromatic nitrogens is 3. The van der Waals surface area contributed by atoms with Crippen LogP contribution < -0.4 is 0 Å². The van der Waals surface area contributed by atoms with E-state index in [-0.39, 0.29) is 0 Å². The molecule has 9 rings (SSSR count). The van der Waals surface area contributed by atoms with Crippen molar-refractivity contribution in [3.05, 3.63) is 139 Å². The zero-order valence-corrected chi connectivity index (χ0v) is 25.2. The number of nitrogens with zero attached hydrogens (tertiary/aromatic N) is 3. The molecule has 0 aliphatic carbocycles. The molecule has 0 fully saturated rings. The number of hydrogen-bond acceptors (Lipinski definition) is 3. The van der Waals surface area contributed by atoms with Gasteiger partial charge in [-0.2, -0.15) is 0 Å². The molecule has 208 valence electrons. The summed E-state index contributed by atoms with van der Waals surface area (Å²) in [5.74, 6) is 0.683. The van der Waals surface area contributed by atoms with Crippen molar-refractivity contribution in [2.75, 3.05) is 0 Å². The normalized spacial score (nSPS) is 11.9. The Hall–Kier alpha value is -5.32. The van der Waals surface area contributed by atoms with Crippen LogP contribution in [0.5, 0.6) is 0 Å². The van der Waals surface area contributed by atoms with E-state index in [2.05, 4.69) is 146 Å². The van der Waals surface area contributed by atoms with Gasteiger partial charge in [0.2, 0.25) is 5.95 Å². The molecule has 0 spiro atoms. The lowest BCUT2D eigenvalue weighted by molar-refractivity contribution is 0.986. The van der Waals surface area contributed by atoms with Crippen LogP contribution in [0.25, 0.3) is 81.2 Å². The molecule has 3 nitrogen and oxygen atoms in total. The molecule has 0 aliphatic heterocycles. The maximum absolute atomic E-state index is 5.42. The number of aryl methyl sites for hydroxylation is 1. The van der Waals surface area contributed by atoms with Gasteiger partial charge in [-0.3, -0.25) is 4.57 Å². The third kappa shape index (κ3) is 3.55. The van der Waals surface area contributed by atoms with Gasteiger partial charge >= 0.3 is 0 Å². The van der Waals surface area contributed by atoms with Crippen LogP contribution in [0.1, 0.15) is 11.1 Å². The standard InChI is InChI=1S/C40H27N3S/c1-24-14-6-7-17-27(24)37-25(2)36(26-15-4-3-5-16-26)41-40(42-37)43-32-22-12-10-20-30(32)34-35-31-21-11-13-23-33(31)44-39(35)29-19-9-8-18-28(29)38(34)43/h3-23H,1-2H3. The smallest absolute Gasteiger partial charge is 0.235 e. The second-order valence-electron chi connectivity index (χ2n) is 11.5. The minimum absolute atomic E-state index is 0.683. The van der Waals surface area contributed by atoms with Gasteiger partial charge in [-0.05, 0) is 31.5 Å². The molecule has 4 heteroatoms. The summed E-state index contributed by atoms with van der Waals surface area (Å²) in [4.78, 5) is 10.8. The molecule has 0 N–H and O–H groups in total. The Morgan fingerprint density at radius 3 is 2.00 bits per heavy atom. The fourth-order valence-electron chi connectivity index (χ4n) is 6.91. The highest BCUT2D eigenvalue weighted by Gasteiger charge is 2.24. The van der Waals surface area contributed by atoms with E-state index in [1.807, 2.05) is 11.3 Å². The van der Waals surface area contributed by atoms with Gasteiger partial charge < -0.3 is 0 Å². The molecule has 3 aromatic heterocycles. The first kappa shape index (κ1) is 25.2. The molecule has 0 amide bonds. The lowest BCUT2D eigenvalue weighted by Gasteiger charge is -2.16. The first-order valence-corrected chi connectivity index (χ1v) is 15.8. The highest BCUT2D eigenvalue weighted by atomic mass is 32.1. The zero-order valence-electron chi connectivity index (χ0n) is 24.4. The highest BCUT2D eigenvalue weighted by Crippen LogP contribution is 2.48. The van der Waals surface area contributed by atoms with Crippen molar-refractivity contribution in [1.29, 1.82) is 0 Å². The maximum Gasteiger partial charge on any atom is 0.235 e. The quantitative estimate of drug-likeness (QED) is 0.208. The number of rotatable bonds is 3. The maximum atomic E-state index is 5.42. The average Bonchev–Trinajstić information content (AvgIpc) is 3.63. The lowest BCUT2D eigenvalue weighted by atomic mass is 9.98. The summed E-state index contributed by atoms with van der Waals surface area (Å²) >= 11 is 1.88. The highest BCUT2D eigenvalue weighted by molar-refractivity contribution is 7.27. The van der Waals surface area contributed by atoms with Crippen molar-refractivity contribution in [3.8, 4) is 28.5 Å². The van der Waals surface area contributed by atoms with Gasteiger partial charge in [0.05, 0.1) is 22.4 Å². The lowest BCUT2D eigenvalue weighted by Crippen LogP contribution is -2.07. The molecule has 3 heterocycles. The molecule has 0 bridgehead atoms. The van der Waals surface area contributed by atoms with Crippen molar-refractivity contribution in [1.82, 2.24) is 14.5 Å². The van der Waals surface area contributed by atoms with E-state index >= 15 is 0 Å². The molecule has 9 aromatic rings. The van der Waals surface area contributed by atoms with Gasteiger partial charge in [-0.1, -0.05) is 115 Å². The molecular formula is C40H27N3S. The van der Waals surface area contributed by atoms with Crippen molar-refractivity contribution in [3.63, 3.8) is 0 Å². The van der Waals surface area contributed by atoms with Crippen molar-refractivity contribution >= 4 is 64.1 Å². The van der Waals surface area contributed by atoms with Crippen LogP contribution in [0, 0.1) is 13.8 Å². The second-order valence-corrected chi connectivity index (χ2v) is 12.5. The predicted octanol–water partition coefficient (Wildman–Crippen LogP) is 11.0. The molecule has 0 saturated heterocycles. The number of fused-ring (bicyclic) bond motifs is 10. The Kier molecular flexibility index (Phi) is 5.50. The van der Waals surface area contributed by atoms with Crippen LogP contribution in [0.2, 0.25) is 0 Å². The summed E-state index contributed by atoms with van der Waals surface area (Å²) in [6.07, 6.45) is 0. The van der Waals surface area contributed by atoms with Crippen LogP contribution in [0.3, 0.4) is 0 Å². The SMILES string of the molecule is Cc1ccccc1-c1nc(-n2c3ccccc3c3c4c5ccccc5sc4c4ccccc4c32)nc(-c2ccccc2)c1C. The second kappa shape index (κ2) is 9.60. The number of thiophene rings is 1. The van der Waals surface area contributed by atoms with Crippen molar-refractivity contribution in [2.24, 2.45) is 0 Å². The van der Waals surface area contributed by atoms with E-state index in [0.717, 1.165) is 39.1 Å². The Morgan fingerprint density at radius 2 is 1.18 bits per heavy atom. The first-order valence-electron chi connectivity index (χ1n) is 14.9. The van der Waals surface area contributed by atoms with Crippen LogP contribution in [-0.2, 0) is 0 Å². The fraction of sp³-hybridized carbons (Fsp3) is 0.0500. The topological polar surface area (TPSA) is 30.7 Å². The van der Waals surface area contributed by atoms with E-state index in [9.17, 15) is 0 Å². The van der Waals surface area contributed by atoms with Crippen LogP contribution in [0.4, 0.5) is 0 Å². The van der Waals surface area contributed by atoms with E-state index in [0.29, 0.717) is 5.95 Å². The fourth-order valence-corrected chi connectivity index (χ4v) is 8.16. The molecule has 0 atom stereocenters. The first-order chi connectivity index (χ1) is 21.7. The third-order valence-corrected chi connectivity index (χ3v) is 10.1. The molecule has 0 saturated carbocycles. The van der Waals surface area contributed by atoms with E-state index in [4.69, 9.17) is 9.97 Å². The Balaban J connectivity index is 1.51. The van der Waals surface area contributed by atoms with Crippen molar-refractivity contribution in [2.45, 2.75) is 13.8 Å². The van der Waals surface area contributed by atoms with Gasteiger partial charge in [0.25, 0.3) is 0 Å². The Morgan fingerprint density at radius 1 is 0.545 bits per heavy atom. The minimum atomic E-state index is 0.683. The van der Waals surface area contributed by atoms with Crippen LogP contribution in [-0.4, -0.2) is 14.5 Å². The van der Waals surface area contributed by atoms with Gasteiger partial charge in [0.15, 0.2) is 0 Å². The summed E-state index contributed by atoms with van der Waals surface area (Å²) in [7, 11) is 0. The van der Waals surface area contributed by atoms with Crippen LogP contribution >= 0.6 is 11.3 Å². The summed E-state index contributed by atoms with van der Waals surface area (Å²) < 4.78 is 4.94. The van der Waals surface area contributed by atoms with Gasteiger partial charge in [-0.15, -0.1) is 11.3 Å². The largest absolute Gasteiger partial charge is 0.277 e. The molecule has 44 heavy (non-hydrogen) atoms. The molecule has 0 unspecified atom stereocenters. The van der Waals surface area contributed by atoms with Gasteiger partial charge in [0, 0.05) is 58.4 Å². The van der Waals surface area contributed by atoms with Crippen molar-refractivity contribution < 1.29 is 0 Å². The number of para-hydroxylation sites is 1. The molecule has 0 radical (unpaired) electrons. The summed E-state index contributed by atoms with van der Waals surface area (Å²) in [5, 5.41) is 7.54. The number of benzene rings is 6. The summed E-state index contributed by atoms with van der Waals surface area (Å²) in [6.45, 7) is 4.31. The van der Waals surface area contributed by atoms with Crippen LogP contribution in [0.15, 0.2) is 127 Å². The Labute approximate surface area is 258 Å². The molecule has 0 aliphatic rings. The predicted molar refractivity (Wildman–Crippen MR) is 187 cm³/mol.